The van der Waals surface area contributed by atoms with Crippen molar-refractivity contribution in [1.29, 1.82) is 0 Å². The Kier molecular flexibility index (Phi) is 12.5. The van der Waals surface area contributed by atoms with Crippen molar-refractivity contribution in [2.24, 2.45) is 0 Å². The number of hydrogen-bond donors (Lipinski definition) is 1. The molecule has 1 aliphatic heterocycles. The Morgan fingerprint density at radius 2 is 1.64 bits per heavy atom. The summed E-state index contributed by atoms with van der Waals surface area (Å²) in [7, 11) is 0. The molecule has 1 aliphatic rings. The summed E-state index contributed by atoms with van der Waals surface area (Å²) < 4.78 is 5.55. The molecule has 1 rings (SSSR count). The van der Waals surface area contributed by atoms with E-state index in [-0.39, 0.29) is 13.4 Å². The third-order valence-electron chi connectivity index (χ3n) is 3.35. The number of ether oxygens (including phenoxy) is 1. The van der Waals surface area contributed by atoms with E-state index in [1.165, 1.54) is 0 Å². The van der Waals surface area contributed by atoms with Crippen LogP contribution >= 0.6 is 0 Å². The molecule has 1 fully saturated rings. The van der Waals surface area contributed by atoms with Gasteiger partial charge in [-0.15, -0.1) is 0 Å². The molecule has 0 aliphatic carbocycles. The maximum Gasteiger partial charge on any atom is 0.234 e. The van der Waals surface area contributed by atoms with Gasteiger partial charge in [0.15, 0.2) is 0 Å². The van der Waals surface area contributed by atoms with Gasteiger partial charge in [0.25, 0.3) is 0 Å². The average Bonchev–Trinajstić information content (AvgIpc) is 2.46. The van der Waals surface area contributed by atoms with Crippen molar-refractivity contribution in [1.82, 2.24) is 15.1 Å². The van der Waals surface area contributed by atoms with Gasteiger partial charge in [-0.1, -0.05) is 13.8 Å². The van der Waals surface area contributed by atoms with E-state index >= 15 is 0 Å². The van der Waals surface area contributed by atoms with Crippen LogP contribution in [0.5, 0.6) is 0 Å². The lowest BCUT2D eigenvalue weighted by Crippen LogP contribution is -2.50. The Morgan fingerprint density at radius 1 is 1.09 bits per heavy atom. The molecule has 0 aromatic rings. The number of amides is 1. The van der Waals surface area contributed by atoms with Gasteiger partial charge in [0, 0.05) is 46.8 Å². The molecule has 0 aromatic carbocycles. The number of nitrogens with zero attached hydrogens (tertiary/aromatic N) is 2. The van der Waals surface area contributed by atoms with Crippen LogP contribution in [0.15, 0.2) is 0 Å². The minimum Gasteiger partial charge on any atom is -0.379 e. The topological polar surface area (TPSA) is 44.8 Å². The van der Waals surface area contributed by atoms with E-state index in [0.717, 1.165) is 45.8 Å². The summed E-state index contributed by atoms with van der Waals surface area (Å²) in [6.07, 6.45) is 1.41. The molecule has 22 heavy (non-hydrogen) atoms. The summed E-state index contributed by atoms with van der Waals surface area (Å²) in [5.74, 6) is 0.138. The van der Waals surface area contributed by atoms with Gasteiger partial charge >= 0.3 is 0 Å². The van der Waals surface area contributed by atoms with Crippen LogP contribution in [0.4, 0.5) is 0 Å². The molecule has 1 saturated heterocycles. The fourth-order valence-electron chi connectivity index (χ4n) is 2.35. The van der Waals surface area contributed by atoms with Gasteiger partial charge in [-0.25, -0.2) is 0 Å². The van der Waals surface area contributed by atoms with Gasteiger partial charge in [0.2, 0.25) is 5.91 Å². The highest BCUT2D eigenvalue weighted by Crippen LogP contribution is 2.03. The zero-order chi connectivity index (χ0) is 17.0. The maximum absolute atomic E-state index is 11.7. The number of nitrogens with one attached hydrogen (secondary N) is 1. The van der Waals surface area contributed by atoms with E-state index in [1.54, 1.807) is 0 Å². The highest BCUT2D eigenvalue weighted by molar-refractivity contribution is 5.78. The number of carbonyl (C=O) groups excluding carboxylic acids is 1. The minimum absolute atomic E-state index is 0. The Balaban J connectivity index is 0. The molecule has 0 spiro atoms. The molecule has 0 bridgehead atoms. The van der Waals surface area contributed by atoms with Crippen molar-refractivity contribution >= 4 is 5.91 Å². The molecule has 1 N–H and O–H groups in total. The molecule has 0 saturated carbocycles. The molecule has 0 unspecified atom stereocenters. The van der Waals surface area contributed by atoms with E-state index in [1.807, 2.05) is 27.7 Å². The maximum atomic E-state index is 11.7. The lowest BCUT2D eigenvalue weighted by atomic mass is 10.3. The summed E-state index contributed by atoms with van der Waals surface area (Å²) in [4.78, 5) is 16.4. The predicted molar refractivity (Wildman–Crippen MR) is 95.3 cm³/mol. The fourth-order valence-corrected chi connectivity index (χ4v) is 2.35. The van der Waals surface area contributed by atoms with Crippen molar-refractivity contribution < 1.29 is 11.0 Å². The van der Waals surface area contributed by atoms with Gasteiger partial charge in [0.1, 0.15) is 0 Å². The first-order valence-corrected chi connectivity index (χ1v) is 8.83. The van der Waals surface area contributed by atoms with Crippen molar-refractivity contribution in [3.63, 3.8) is 0 Å². The molecule has 5 heteroatoms. The third-order valence-corrected chi connectivity index (χ3v) is 3.35. The monoisotopic (exact) mass is 317 g/mol. The number of carbonyl (C=O) groups is 1. The minimum atomic E-state index is 0. The second-order valence-corrected chi connectivity index (χ2v) is 6.11. The average molecular weight is 318 g/mol. The fraction of sp³-hybridized carbons (Fsp3) is 0.941. The smallest absolute Gasteiger partial charge is 0.234 e. The summed E-state index contributed by atoms with van der Waals surface area (Å²) in [6, 6.07) is 0.227. The van der Waals surface area contributed by atoms with E-state index in [2.05, 4.69) is 29.0 Å². The first-order chi connectivity index (χ1) is 10.5. The lowest BCUT2D eigenvalue weighted by molar-refractivity contribution is -0.123. The normalized spacial score (nSPS) is 16.5. The number of piperazine rings is 1. The van der Waals surface area contributed by atoms with Gasteiger partial charge in [-0.2, -0.15) is 0 Å². The molecular formula is C17H39N3O2. The van der Waals surface area contributed by atoms with Crippen LogP contribution in [-0.2, 0) is 9.53 Å². The van der Waals surface area contributed by atoms with Crippen molar-refractivity contribution in [3.8, 4) is 0 Å². The highest BCUT2D eigenvalue weighted by Gasteiger charge is 2.18. The molecule has 134 valence electrons. The second-order valence-electron chi connectivity index (χ2n) is 6.11. The predicted octanol–water partition coefficient (Wildman–Crippen LogP) is 2.22. The molecular weight excluding hydrogens is 278 g/mol. The summed E-state index contributed by atoms with van der Waals surface area (Å²) in [5, 5.41) is 2.94. The van der Waals surface area contributed by atoms with E-state index in [4.69, 9.17) is 4.74 Å². The third kappa shape index (κ3) is 11.0. The first-order valence-electron chi connectivity index (χ1n) is 8.83. The Morgan fingerprint density at radius 3 is 2.14 bits per heavy atom. The standard InChI is InChI=1S/C15H31N3O2.C2H6.H2/c1-13(2)16-15(19)12-18-9-7-17(8-10-18)6-5-11-20-14(3)4;1-2;/h13-14H,5-12H2,1-4H3,(H,16,19);1-2H3;1H. The first kappa shape index (κ1) is 21.4. The summed E-state index contributed by atoms with van der Waals surface area (Å²) in [6.45, 7) is 18.7. The van der Waals surface area contributed by atoms with Gasteiger partial charge < -0.3 is 15.0 Å². The Bertz CT molecular complexity index is 281. The molecule has 0 radical (unpaired) electrons. The van der Waals surface area contributed by atoms with Crippen LogP contribution in [-0.4, -0.2) is 73.7 Å². The Hall–Kier alpha value is -0.650. The van der Waals surface area contributed by atoms with E-state index < -0.39 is 0 Å². The molecule has 0 aromatic heterocycles. The van der Waals surface area contributed by atoms with Crippen molar-refractivity contribution in [2.75, 3.05) is 45.9 Å². The van der Waals surface area contributed by atoms with Crippen LogP contribution in [0.2, 0.25) is 0 Å². The molecule has 5 nitrogen and oxygen atoms in total. The second kappa shape index (κ2) is 12.9. The summed E-state index contributed by atoms with van der Waals surface area (Å²) >= 11 is 0. The van der Waals surface area contributed by atoms with Crippen LogP contribution in [0.3, 0.4) is 0 Å². The van der Waals surface area contributed by atoms with Crippen molar-refractivity contribution in [3.05, 3.63) is 0 Å². The zero-order valence-electron chi connectivity index (χ0n) is 15.5. The quantitative estimate of drug-likeness (QED) is 0.697. The zero-order valence-corrected chi connectivity index (χ0v) is 15.5. The number of hydrogen-bond acceptors (Lipinski definition) is 4. The highest BCUT2D eigenvalue weighted by atomic mass is 16.5. The van der Waals surface area contributed by atoms with E-state index in [9.17, 15) is 4.79 Å². The number of rotatable bonds is 8. The Labute approximate surface area is 138 Å². The summed E-state index contributed by atoms with van der Waals surface area (Å²) in [5.41, 5.74) is 0. The van der Waals surface area contributed by atoms with E-state index in [0.29, 0.717) is 12.6 Å². The molecule has 1 heterocycles. The molecule has 0 atom stereocenters. The van der Waals surface area contributed by atoms with Crippen molar-refractivity contribution in [2.45, 2.75) is 60.1 Å². The van der Waals surface area contributed by atoms with Gasteiger partial charge in [-0.3, -0.25) is 9.69 Å². The van der Waals surface area contributed by atoms with Gasteiger partial charge in [0.05, 0.1) is 12.6 Å². The van der Waals surface area contributed by atoms with Crippen LogP contribution in [0.1, 0.15) is 49.4 Å². The van der Waals surface area contributed by atoms with Gasteiger partial charge in [-0.05, 0) is 34.1 Å². The van der Waals surface area contributed by atoms with Crippen LogP contribution < -0.4 is 5.32 Å². The van der Waals surface area contributed by atoms with Crippen LogP contribution in [0, 0.1) is 0 Å². The largest absolute Gasteiger partial charge is 0.379 e. The SMILES string of the molecule is CC.CC(C)NC(=O)CN1CCN(CCCOC(C)C)CC1.[HH]. The van der Waals surface area contributed by atoms with Crippen LogP contribution in [0.25, 0.3) is 0 Å². The molecule has 1 amide bonds. The lowest BCUT2D eigenvalue weighted by Gasteiger charge is -2.34.